The minimum absolute atomic E-state index is 0.0314. The lowest BCUT2D eigenvalue weighted by Gasteiger charge is -2.25. The maximum absolute atomic E-state index is 12.4. The number of aromatic nitrogens is 3. The topological polar surface area (TPSA) is 72.3 Å². The van der Waals surface area contributed by atoms with E-state index in [2.05, 4.69) is 20.4 Å². The Hall–Kier alpha value is -2.36. The summed E-state index contributed by atoms with van der Waals surface area (Å²) in [5, 5.41) is 14.2. The smallest absolute Gasteiger partial charge is 0.230 e. The molecule has 0 fully saturated rings. The van der Waals surface area contributed by atoms with E-state index in [1.807, 2.05) is 67.5 Å². The summed E-state index contributed by atoms with van der Waals surface area (Å²) >= 11 is 3.00. The summed E-state index contributed by atoms with van der Waals surface area (Å²) in [6.45, 7) is 0.526. The molecule has 0 aliphatic carbocycles. The Balaban J connectivity index is 1.54. The first-order valence-corrected chi connectivity index (χ1v) is 11.0. The van der Waals surface area contributed by atoms with E-state index in [1.54, 1.807) is 18.4 Å². The van der Waals surface area contributed by atoms with Gasteiger partial charge < -0.3 is 19.5 Å². The second-order valence-corrected chi connectivity index (χ2v) is 8.58. The van der Waals surface area contributed by atoms with Gasteiger partial charge in [0.05, 0.1) is 23.8 Å². The number of hydrogen-bond acceptors (Lipinski definition) is 7. The average Bonchev–Trinajstić information content (AvgIpc) is 3.36. The molecular weight excluding hydrogens is 406 g/mol. The maximum Gasteiger partial charge on any atom is 0.230 e. The van der Waals surface area contributed by atoms with E-state index in [-0.39, 0.29) is 11.9 Å². The third kappa shape index (κ3) is 5.37. The Morgan fingerprint density at radius 3 is 2.66 bits per heavy atom. The van der Waals surface area contributed by atoms with Crippen LogP contribution in [-0.2, 0) is 11.8 Å². The molecule has 9 heteroatoms. The molecule has 1 aromatic carbocycles. The van der Waals surface area contributed by atoms with Crippen molar-refractivity contribution in [1.29, 1.82) is 0 Å². The van der Waals surface area contributed by atoms with E-state index in [0.29, 0.717) is 12.3 Å². The van der Waals surface area contributed by atoms with Gasteiger partial charge in [-0.1, -0.05) is 30.0 Å². The van der Waals surface area contributed by atoms with Crippen LogP contribution in [0.5, 0.6) is 5.75 Å². The Morgan fingerprint density at radius 2 is 2.03 bits per heavy atom. The van der Waals surface area contributed by atoms with Gasteiger partial charge in [-0.15, -0.1) is 21.5 Å². The predicted octanol–water partition coefficient (Wildman–Crippen LogP) is 3.06. The summed E-state index contributed by atoms with van der Waals surface area (Å²) in [5.41, 5.74) is 1.12. The van der Waals surface area contributed by atoms with Crippen LogP contribution in [0.15, 0.2) is 46.9 Å². The largest absolute Gasteiger partial charge is 0.497 e. The van der Waals surface area contributed by atoms with E-state index < -0.39 is 0 Å². The van der Waals surface area contributed by atoms with Gasteiger partial charge in [-0.3, -0.25) is 4.79 Å². The van der Waals surface area contributed by atoms with Crippen molar-refractivity contribution >= 4 is 29.0 Å². The van der Waals surface area contributed by atoms with Crippen LogP contribution < -0.4 is 10.1 Å². The highest BCUT2D eigenvalue weighted by atomic mass is 32.2. The number of carbonyl (C=O) groups excluding carboxylic acids is 1. The number of nitrogens with one attached hydrogen (secondary N) is 1. The lowest BCUT2D eigenvalue weighted by atomic mass is 10.1. The summed E-state index contributed by atoms with van der Waals surface area (Å²) in [5.74, 6) is 1.89. The monoisotopic (exact) mass is 431 g/mol. The van der Waals surface area contributed by atoms with Crippen molar-refractivity contribution < 1.29 is 9.53 Å². The average molecular weight is 432 g/mol. The number of methoxy groups -OCH3 is 1. The van der Waals surface area contributed by atoms with Crippen LogP contribution in [0.4, 0.5) is 0 Å². The van der Waals surface area contributed by atoms with Crippen LogP contribution in [0.3, 0.4) is 0 Å². The number of rotatable bonds is 9. The molecule has 2 aromatic heterocycles. The van der Waals surface area contributed by atoms with E-state index >= 15 is 0 Å². The van der Waals surface area contributed by atoms with Gasteiger partial charge >= 0.3 is 0 Å². The van der Waals surface area contributed by atoms with Crippen molar-refractivity contribution in [2.24, 2.45) is 7.05 Å². The van der Waals surface area contributed by atoms with Crippen LogP contribution in [0.2, 0.25) is 0 Å². The molecule has 1 atom stereocenters. The maximum atomic E-state index is 12.4. The van der Waals surface area contributed by atoms with E-state index in [9.17, 15) is 4.79 Å². The van der Waals surface area contributed by atoms with E-state index in [0.717, 1.165) is 27.2 Å². The van der Waals surface area contributed by atoms with Gasteiger partial charge in [0, 0.05) is 13.6 Å². The number of thiophene rings is 1. The molecule has 29 heavy (non-hydrogen) atoms. The third-order valence-corrected chi connectivity index (χ3v) is 6.41. The second kappa shape index (κ2) is 9.91. The van der Waals surface area contributed by atoms with E-state index in [4.69, 9.17) is 4.74 Å². The number of nitrogens with zero attached hydrogens (tertiary/aromatic N) is 4. The molecule has 0 bridgehead atoms. The molecule has 3 aromatic rings. The van der Waals surface area contributed by atoms with Crippen molar-refractivity contribution in [3.05, 3.63) is 47.3 Å². The first kappa shape index (κ1) is 21.4. The molecule has 0 radical (unpaired) electrons. The summed E-state index contributed by atoms with van der Waals surface area (Å²) in [4.78, 5) is 15.5. The van der Waals surface area contributed by atoms with Crippen molar-refractivity contribution in [3.63, 3.8) is 0 Å². The zero-order valence-electron chi connectivity index (χ0n) is 17.0. The highest BCUT2D eigenvalue weighted by Crippen LogP contribution is 2.26. The predicted molar refractivity (Wildman–Crippen MR) is 117 cm³/mol. The minimum Gasteiger partial charge on any atom is -0.497 e. The Bertz CT molecular complexity index is 923. The molecule has 154 valence electrons. The second-order valence-electron chi connectivity index (χ2n) is 6.69. The molecule has 0 saturated heterocycles. The van der Waals surface area contributed by atoms with Gasteiger partial charge in [0.2, 0.25) is 5.91 Å². The fourth-order valence-electron chi connectivity index (χ4n) is 2.88. The van der Waals surface area contributed by atoms with Gasteiger partial charge in [0.25, 0.3) is 0 Å². The SMILES string of the molecule is COc1ccc(C(CNC(=O)CSc2nnc(-c3cccs3)n2C)N(C)C)cc1. The van der Waals surface area contributed by atoms with E-state index in [1.165, 1.54) is 11.8 Å². The molecule has 0 saturated carbocycles. The third-order valence-electron chi connectivity index (χ3n) is 4.53. The van der Waals surface area contributed by atoms with Gasteiger partial charge in [0.1, 0.15) is 5.75 Å². The molecule has 7 nitrogen and oxygen atoms in total. The summed E-state index contributed by atoms with van der Waals surface area (Å²) in [6.07, 6.45) is 0. The zero-order valence-corrected chi connectivity index (χ0v) is 18.6. The van der Waals surface area contributed by atoms with Gasteiger partial charge in [-0.2, -0.15) is 0 Å². The Morgan fingerprint density at radius 1 is 1.28 bits per heavy atom. The lowest BCUT2D eigenvalue weighted by Crippen LogP contribution is -2.35. The standard InChI is InChI=1S/C20H25N5O2S2/c1-24(2)16(14-7-9-15(27-4)10-8-14)12-21-18(26)13-29-20-23-22-19(25(20)3)17-6-5-11-28-17/h5-11,16H,12-13H2,1-4H3,(H,21,26). The number of likely N-dealkylation sites (N-methyl/N-ethyl adjacent to an activating group) is 1. The molecule has 1 amide bonds. The first-order chi connectivity index (χ1) is 14.0. The number of amides is 1. The lowest BCUT2D eigenvalue weighted by molar-refractivity contribution is -0.118. The number of benzene rings is 1. The quantitative estimate of drug-likeness (QED) is 0.525. The number of thioether (sulfide) groups is 1. The highest BCUT2D eigenvalue weighted by molar-refractivity contribution is 7.99. The van der Waals surface area contributed by atoms with Crippen molar-refractivity contribution in [3.8, 4) is 16.5 Å². The molecule has 1 N–H and O–H groups in total. The minimum atomic E-state index is -0.0314. The van der Waals surface area contributed by atoms with Gasteiger partial charge in [0.15, 0.2) is 11.0 Å². The zero-order chi connectivity index (χ0) is 20.8. The molecule has 0 aliphatic heterocycles. The molecule has 0 aliphatic rings. The fourth-order valence-corrected chi connectivity index (χ4v) is 4.36. The van der Waals surface area contributed by atoms with Crippen molar-refractivity contribution in [2.75, 3.05) is 33.5 Å². The molecule has 0 spiro atoms. The van der Waals surface area contributed by atoms with Crippen LogP contribution in [0, 0.1) is 0 Å². The molecule has 3 rings (SSSR count). The van der Waals surface area contributed by atoms with Crippen LogP contribution in [-0.4, -0.2) is 59.1 Å². The summed E-state index contributed by atoms with van der Waals surface area (Å²) in [7, 11) is 7.57. The van der Waals surface area contributed by atoms with Crippen LogP contribution >= 0.6 is 23.1 Å². The summed E-state index contributed by atoms with van der Waals surface area (Å²) in [6, 6.07) is 12.0. The highest BCUT2D eigenvalue weighted by Gasteiger charge is 2.17. The van der Waals surface area contributed by atoms with Crippen molar-refractivity contribution in [1.82, 2.24) is 25.0 Å². The van der Waals surface area contributed by atoms with Gasteiger partial charge in [-0.25, -0.2) is 0 Å². The number of ether oxygens (including phenoxy) is 1. The Labute approximate surface area is 179 Å². The molecule has 2 heterocycles. The molecule has 1 unspecified atom stereocenters. The van der Waals surface area contributed by atoms with Gasteiger partial charge in [-0.05, 0) is 43.2 Å². The summed E-state index contributed by atoms with van der Waals surface area (Å²) < 4.78 is 7.14. The van der Waals surface area contributed by atoms with Crippen LogP contribution in [0.25, 0.3) is 10.7 Å². The van der Waals surface area contributed by atoms with Crippen LogP contribution in [0.1, 0.15) is 11.6 Å². The van der Waals surface area contributed by atoms with Crippen molar-refractivity contribution in [2.45, 2.75) is 11.2 Å². The first-order valence-electron chi connectivity index (χ1n) is 9.12. The fraction of sp³-hybridized carbons (Fsp3) is 0.350. The number of hydrogen-bond donors (Lipinski definition) is 1. The Kier molecular flexibility index (Phi) is 7.29. The normalized spacial score (nSPS) is 12.2. The number of carbonyl (C=O) groups is 1. The molecular formula is C20H25N5O2S2.